The molecule has 2 heterocycles. The summed E-state index contributed by atoms with van der Waals surface area (Å²) in [6, 6.07) is 6.78. The molecule has 186 valence electrons. The summed E-state index contributed by atoms with van der Waals surface area (Å²) in [4.78, 5) is 33.8. The Bertz CT molecular complexity index is 1130. The topological polar surface area (TPSA) is 83.0 Å². The number of amides is 2. The predicted octanol–water partition coefficient (Wildman–Crippen LogP) is 3.36. The second kappa shape index (κ2) is 11.8. The van der Waals surface area contributed by atoms with Gasteiger partial charge in [0.2, 0.25) is 5.88 Å². The number of aliphatic hydroxyl groups excluding tert-OH is 1. The average Bonchev–Trinajstić information content (AvgIpc) is 2.85. The molecule has 0 spiro atoms. The number of unbranched alkanes of at least 4 members (excludes halogenated alkanes) is 1. The van der Waals surface area contributed by atoms with Crippen LogP contribution in [0.1, 0.15) is 59.9 Å². The van der Waals surface area contributed by atoms with E-state index in [1.54, 1.807) is 37.2 Å². The summed E-state index contributed by atoms with van der Waals surface area (Å²) in [7, 11) is 1.63. The molecule has 8 heteroatoms. The Hall–Kier alpha value is -3.44. The first kappa shape index (κ1) is 26.2. The molecule has 3 atom stereocenters. The first-order chi connectivity index (χ1) is 16.7. The van der Waals surface area contributed by atoms with Gasteiger partial charge in [-0.25, -0.2) is 9.37 Å². The molecule has 35 heavy (non-hydrogen) atoms. The summed E-state index contributed by atoms with van der Waals surface area (Å²) in [5.74, 6) is 4.95. The van der Waals surface area contributed by atoms with Crippen molar-refractivity contribution < 1.29 is 23.8 Å². The van der Waals surface area contributed by atoms with Crippen LogP contribution in [0, 0.1) is 23.6 Å². The summed E-state index contributed by atoms with van der Waals surface area (Å²) < 4.78 is 19.8. The van der Waals surface area contributed by atoms with Gasteiger partial charge in [0, 0.05) is 43.3 Å². The predicted molar refractivity (Wildman–Crippen MR) is 131 cm³/mol. The molecule has 0 fully saturated rings. The van der Waals surface area contributed by atoms with Crippen LogP contribution in [0.3, 0.4) is 0 Å². The molecular weight excluding hydrogens is 449 g/mol. The number of aromatic nitrogens is 1. The second-order valence-electron chi connectivity index (χ2n) is 8.95. The highest BCUT2D eigenvalue weighted by Gasteiger charge is 2.34. The van der Waals surface area contributed by atoms with Gasteiger partial charge in [-0.2, -0.15) is 0 Å². The van der Waals surface area contributed by atoms with E-state index in [0.717, 1.165) is 12.8 Å². The van der Waals surface area contributed by atoms with E-state index in [2.05, 4.69) is 16.8 Å². The highest BCUT2D eigenvalue weighted by atomic mass is 19.1. The number of likely N-dealkylation sites (N-methyl/N-ethyl adjacent to an activating group) is 1. The third-order valence-corrected chi connectivity index (χ3v) is 6.00. The van der Waals surface area contributed by atoms with E-state index in [1.807, 2.05) is 13.8 Å². The Morgan fingerprint density at radius 3 is 2.86 bits per heavy atom. The van der Waals surface area contributed by atoms with Crippen molar-refractivity contribution in [1.29, 1.82) is 0 Å². The number of hydrogen-bond donors (Lipinski definition) is 1. The number of aliphatic hydroxyl groups is 1. The third-order valence-electron chi connectivity index (χ3n) is 6.00. The summed E-state index contributed by atoms with van der Waals surface area (Å²) >= 11 is 0. The lowest BCUT2D eigenvalue weighted by atomic mass is 9.99. The van der Waals surface area contributed by atoms with E-state index in [-0.39, 0.29) is 47.9 Å². The Morgan fingerprint density at radius 2 is 2.17 bits per heavy atom. The zero-order valence-electron chi connectivity index (χ0n) is 20.6. The van der Waals surface area contributed by atoms with Crippen molar-refractivity contribution >= 4 is 11.8 Å². The number of carbonyl (C=O) groups is 2. The van der Waals surface area contributed by atoms with Gasteiger partial charge in [0.15, 0.2) is 0 Å². The smallest absolute Gasteiger partial charge is 0.259 e. The second-order valence-corrected chi connectivity index (χ2v) is 8.95. The van der Waals surface area contributed by atoms with Crippen LogP contribution in [0.2, 0.25) is 0 Å². The van der Waals surface area contributed by atoms with Crippen LogP contribution in [0.15, 0.2) is 36.5 Å². The maximum Gasteiger partial charge on any atom is 0.259 e. The van der Waals surface area contributed by atoms with Gasteiger partial charge < -0.3 is 19.6 Å². The first-order valence-electron chi connectivity index (χ1n) is 11.8. The molecule has 1 aliphatic rings. The molecule has 0 radical (unpaired) electrons. The van der Waals surface area contributed by atoms with Crippen LogP contribution in [0.5, 0.6) is 5.88 Å². The van der Waals surface area contributed by atoms with Crippen LogP contribution >= 0.6 is 0 Å². The highest BCUT2D eigenvalue weighted by molar-refractivity contribution is 5.97. The number of rotatable bonds is 6. The van der Waals surface area contributed by atoms with Gasteiger partial charge in [0.25, 0.3) is 11.8 Å². The van der Waals surface area contributed by atoms with Crippen molar-refractivity contribution in [3.05, 3.63) is 59.0 Å². The Morgan fingerprint density at radius 1 is 1.40 bits per heavy atom. The fourth-order valence-electron chi connectivity index (χ4n) is 3.87. The number of halogens is 1. The van der Waals surface area contributed by atoms with Crippen LogP contribution in [0.25, 0.3) is 0 Å². The largest absolute Gasteiger partial charge is 0.472 e. The van der Waals surface area contributed by atoms with Crippen molar-refractivity contribution in [2.75, 3.05) is 26.7 Å². The molecule has 0 saturated carbocycles. The fraction of sp³-hybridized carbons (Fsp3) is 0.444. The van der Waals surface area contributed by atoms with Gasteiger partial charge >= 0.3 is 0 Å². The molecule has 2 amide bonds. The van der Waals surface area contributed by atoms with Gasteiger partial charge in [-0.15, -0.1) is 0 Å². The lowest BCUT2D eigenvalue weighted by molar-refractivity contribution is 0.0313. The van der Waals surface area contributed by atoms with Crippen molar-refractivity contribution in [3.8, 4) is 17.7 Å². The van der Waals surface area contributed by atoms with E-state index in [1.165, 1.54) is 23.1 Å². The molecule has 2 aromatic rings. The Kier molecular flexibility index (Phi) is 8.83. The van der Waals surface area contributed by atoms with Crippen LogP contribution < -0.4 is 4.74 Å². The molecule has 1 aliphatic heterocycles. The zero-order valence-corrected chi connectivity index (χ0v) is 20.6. The minimum atomic E-state index is -0.498. The summed E-state index contributed by atoms with van der Waals surface area (Å²) in [6.45, 7) is 6.06. The van der Waals surface area contributed by atoms with E-state index < -0.39 is 18.0 Å². The SMILES string of the molecule is CCCC#Cc1cnc2c(c1)C(=O)N([C@@H](C)CO)C[C@H](C)[C@@H](CN(C)C(=O)c1cccc(F)c1)O2. The molecule has 0 unspecified atom stereocenters. The Labute approximate surface area is 205 Å². The normalized spacial score (nSPS) is 18.3. The van der Waals surface area contributed by atoms with Crippen molar-refractivity contribution in [1.82, 2.24) is 14.8 Å². The standard InChI is InChI=1S/C27H32FN3O4/c1-5-6-7-9-20-12-23-25(29-14-20)35-24(18(2)15-31(27(23)34)19(3)17-32)16-30(4)26(33)21-10-8-11-22(28)13-21/h8,10-14,18-19,24,32H,5-6,15-17H2,1-4H3/t18-,19-,24+/m0/s1. The van der Waals surface area contributed by atoms with Gasteiger partial charge in [0.05, 0.1) is 19.2 Å². The van der Waals surface area contributed by atoms with Gasteiger partial charge in [-0.05, 0) is 37.6 Å². The third kappa shape index (κ3) is 6.37. The minimum absolute atomic E-state index is 0.161. The fourth-order valence-corrected chi connectivity index (χ4v) is 3.87. The maximum absolute atomic E-state index is 13.6. The van der Waals surface area contributed by atoms with E-state index in [4.69, 9.17) is 4.74 Å². The van der Waals surface area contributed by atoms with Crippen LogP contribution in [0.4, 0.5) is 4.39 Å². The van der Waals surface area contributed by atoms with E-state index >= 15 is 0 Å². The average molecular weight is 482 g/mol. The number of hydrogen-bond acceptors (Lipinski definition) is 5. The van der Waals surface area contributed by atoms with Crippen molar-refractivity contribution in [2.45, 2.75) is 45.8 Å². The molecule has 0 saturated heterocycles. The quantitative estimate of drug-likeness (QED) is 0.640. The van der Waals surface area contributed by atoms with Crippen molar-refractivity contribution in [3.63, 3.8) is 0 Å². The van der Waals surface area contributed by atoms with Gasteiger partial charge in [0.1, 0.15) is 17.5 Å². The molecule has 3 rings (SSSR count). The summed E-state index contributed by atoms with van der Waals surface area (Å²) in [6.07, 6.45) is 2.73. The van der Waals surface area contributed by atoms with Gasteiger partial charge in [-0.3, -0.25) is 9.59 Å². The number of fused-ring (bicyclic) bond motifs is 1. The summed E-state index contributed by atoms with van der Waals surface area (Å²) in [5.41, 5.74) is 1.12. The van der Waals surface area contributed by atoms with Crippen LogP contribution in [-0.2, 0) is 0 Å². The molecule has 0 aliphatic carbocycles. The molecule has 0 bridgehead atoms. The number of nitrogens with zero attached hydrogens (tertiary/aromatic N) is 3. The van der Waals surface area contributed by atoms with E-state index in [0.29, 0.717) is 12.1 Å². The molecule has 1 aromatic heterocycles. The molecule has 1 aromatic carbocycles. The van der Waals surface area contributed by atoms with E-state index in [9.17, 15) is 19.1 Å². The lowest BCUT2D eigenvalue weighted by Crippen LogP contribution is -2.50. The van der Waals surface area contributed by atoms with Gasteiger partial charge in [-0.1, -0.05) is 31.8 Å². The number of carbonyl (C=O) groups excluding carboxylic acids is 2. The molecule has 1 N–H and O–H groups in total. The number of pyridine rings is 1. The first-order valence-corrected chi connectivity index (χ1v) is 11.8. The molecule has 7 nitrogen and oxygen atoms in total. The Balaban J connectivity index is 1.93. The summed E-state index contributed by atoms with van der Waals surface area (Å²) in [5, 5.41) is 9.79. The van der Waals surface area contributed by atoms with Crippen LogP contribution in [-0.4, -0.2) is 70.6 Å². The number of benzene rings is 1. The monoisotopic (exact) mass is 481 g/mol. The van der Waals surface area contributed by atoms with Crippen molar-refractivity contribution in [2.24, 2.45) is 5.92 Å². The zero-order chi connectivity index (χ0) is 25.5. The maximum atomic E-state index is 13.6. The molecular formula is C27H32FN3O4. The highest BCUT2D eigenvalue weighted by Crippen LogP contribution is 2.27. The minimum Gasteiger partial charge on any atom is -0.472 e. The number of ether oxygens (including phenoxy) is 1. The lowest BCUT2D eigenvalue weighted by Gasteiger charge is -2.37.